The quantitative estimate of drug-likeness (QED) is 0.0222. The van der Waals surface area contributed by atoms with Gasteiger partial charge in [0.25, 0.3) is 0 Å². The number of aliphatic hydroxyl groups is 1. The first-order valence-electron chi connectivity index (χ1n) is 40.6. The van der Waals surface area contributed by atoms with E-state index in [2.05, 4.69) is 34.6 Å². The van der Waals surface area contributed by atoms with Crippen LogP contribution >= 0.6 is 15.6 Å². The summed E-state index contributed by atoms with van der Waals surface area (Å²) in [6.07, 6.45) is 61.2. The molecule has 0 aromatic carbocycles. The van der Waals surface area contributed by atoms with Crippen LogP contribution in [0.3, 0.4) is 0 Å². The number of ether oxygens (including phenoxy) is 4. The summed E-state index contributed by atoms with van der Waals surface area (Å²) in [5.74, 6) is -1.41. The third kappa shape index (κ3) is 72.2. The first kappa shape index (κ1) is 95.1. The van der Waals surface area contributed by atoms with Crippen LogP contribution < -0.4 is 0 Å². The average Bonchev–Trinajstić information content (AvgIpc) is 1.02. The Balaban J connectivity index is 5.18. The van der Waals surface area contributed by atoms with Crippen LogP contribution in [0.5, 0.6) is 0 Å². The molecule has 0 fully saturated rings. The molecule has 0 saturated carbocycles. The van der Waals surface area contributed by atoms with Gasteiger partial charge in [-0.25, -0.2) is 9.13 Å². The zero-order chi connectivity index (χ0) is 71.2. The van der Waals surface area contributed by atoms with Crippen molar-refractivity contribution in [1.29, 1.82) is 0 Å². The van der Waals surface area contributed by atoms with Crippen LogP contribution in [0, 0.1) is 5.92 Å². The number of rotatable bonds is 78. The highest BCUT2D eigenvalue weighted by Crippen LogP contribution is 2.45. The molecule has 5 atom stereocenters. The van der Waals surface area contributed by atoms with Crippen LogP contribution in [0.1, 0.15) is 413 Å². The Bertz CT molecular complexity index is 1860. The van der Waals surface area contributed by atoms with Crippen LogP contribution in [0.15, 0.2) is 0 Å². The maximum atomic E-state index is 13.1. The number of carbonyl (C=O) groups excluding carboxylic acids is 4. The molecule has 0 saturated heterocycles. The molecule has 0 aromatic rings. The maximum Gasteiger partial charge on any atom is 0.472 e. The van der Waals surface area contributed by atoms with Gasteiger partial charge in [0.15, 0.2) is 12.2 Å². The van der Waals surface area contributed by atoms with Gasteiger partial charge in [0.05, 0.1) is 26.4 Å². The van der Waals surface area contributed by atoms with Crippen molar-refractivity contribution in [3.05, 3.63) is 0 Å². The van der Waals surface area contributed by atoms with Crippen molar-refractivity contribution in [3.8, 4) is 0 Å². The second-order valence-electron chi connectivity index (χ2n) is 28.6. The lowest BCUT2D eigenvalue weighted by Gasteiger charge is -2.21. The summed E-state index contributed by atoms with van der Waals surface area (Å²) >= 11 is 0. The lowest BCUT2D eigenvalue weighted by molar-refractivity contribution is -0.161. The van der Waals surface area contributed by atoms with Crippen LogP contribution in [-0.4, -0.2) is 96.7 Å². The molecule has 0 heterocycles. The van der Waals surface area contributed by atoms with Gasteiger partial charge in [-0.3, -0.25) is 37.3 Å². The number of hydrogen-bond donors (Lipinski definition) is 3. The summed E-state index contributed by atoms with van der Waals surface area (Å²) in [5.41, 5.74) is 0. The minimum Gasteiger partial charge on any atom is -0.462 e. The van der Waals surface area contributed by atoms with E-state index in [-0.39, 0.29) is 25.7 Å². The topological polar surface area (TPSA) is 237 Å². The summed E-state index contributed by atoms with van der Waals surface area (Å²) in [6.45, 7) is 7.24. The number of esters is 4. The summed E-state index contributed by atoms with van der Waals surface area (Å²) in [5, 5.41) is 10.6. The largest absolute Gasteiger partial charge is 0.472 e. The Hall–Kier alpha value is -1.94. The molecule has 2 unspecified atom stereocenters. The number of phosphoric acid groups is 2. The highest BCUT2D eigenvalue weighted by Gasteiger charge is 2.30. The lowest BCUT2D eigenvalue weighted by atomic mass is 10.0. The number of hydrogen-bond acceptors (Lipinski definition) is 15. The Morgan fingerprint density at radius 3 is 0.701 bits per heavy atom. The molecule has 0 aliphatic carbocycles. The fraction of sp³-hybridized carbons (Fsp3) is 0.949. The van der Waals surface area contributed by atoms with Gasteiger partial charge in [-0.1, -0.05) is 362 Å². The predicted octanol–water partition coefficient (Wildman–Crippen LogP) is 23.3. The normalized spacial score (nSPS) is 13.9. The molecule has 0 spiro atoms. The number of phosphoric ester groups is 2. The molecule has 19 heteroatoms. The first-order valence-corrected chi connectivity index (χ1v) is 43.6. The highest BCUT2D eigenvalue weighted by atomic mass is 31.2. The molecule has 0 amide bonds. The summed E-state index contributed by atoms with van der Waals surface area (Å²) in [6, 6.07) is 0. The van der Waals surface area contributed by atoms with E-state index in [1.54, 1.807) is 0 Å². The molecule has 0 aliphatic rings. The average molecular weight is 1420 g/mol. The van der Waals surface area contributed by atoms with Gasteiger partial charge in [-0.05, 0) is 31.6 Å². The van der Waals surface area contributed by atoms with E-state index in [1.807, 2.05) is 0 Å². The van der Waals surface area contributed by atoms with E-state index < -0.39 is 97.5 Å². The zero-order valence-electron chi connectivity index (χ0n) is 63.2. The molecule has 17 nitrogen and oxygen atoms in total. The van der Waals surface area contributed by atoms with Crippen molar-refractivity contribution >= 4 is 39.5 Å². The molecule has 0 aliphatic heterocycles. The van der Waals surface area contributed by atoms with Crippen LogP contribution in [0.2, 0.25) is 0 Å². The minimum atomic E-state index is -4.96. The van der Waals surface area contributed by atoms with Crippen LogP contribution in [0.25, 0.3) is 0 Å². The summed E-state index contributed by atoms with van der Waals surface area (Å²) in [7, 11) is -9.91. The fourth-order valence-corrected chi connectivity index (χ4v) is 13.6. The SMILES string of the molecule is CCCCCCCCCCCCCCCCCCCCCCCCC(=O)O[C@H](COC(=O)CCCCCCCCCCCCCCCC)COP(=O)(O)OC[C@@H](O)COP(=O)(O)OC[C@@H](COC(=O)CCCCCCCCCC(C)C)OC(=O)CCCCCCCCCCCCC. The number of carbonyl (C=O) groups is 4. The Labute approximate surface area is 594 Å². The van der Waals surface area contributed by atoms with Crippen molar-refractivity contribution in [3.63, 3.8) is 0 Å². The first-order chi connectivity index (χ1) is 47.0. The van der Waals surface area contributed by atoms with Gasteiger partial charge in [0.2, 0.25) is 0 Å². The number of aliphatic hydroxyl groups excluding tert-OH is 1. The van der Waals surface area contributed by atoms with Crippen molar-refractivity contribution < 1.29 is 80.2 Å². The van der Waals surface area contributed by atoms with Gasteiger partial charge in [0.1, 0.15) is 19.3 Å². The molecule has 0 rings (SSSR count). The fourth-order valence-electron chi connectivity index (χ4n) is 12.1. The molecule has 0 radical (unpaired) electrons. The van der Waals surface area contributed by atoms with Crippen LogP contribution in [-0.2, 0) is 65.4 Å². The second-order valence-corrected chi connectivity index (χ2v) is 31.5. The summed E-state index contributed by atoms with van der Waals surface area (Å²) < 4.78 is 68.5. The van der Waals surface area contributed by atoms with E-state index in [0.717, 1.165) is 96.3 Å². The number of unbranched alkanes of at least 4 members (excludes halogenated alkanes) is 50. The van der Waals surface area contributed by atoms with E-state index in [0.29, 0.717) is 31.6 Å². The molecule has 0 aromatic heterocycles. The van der Waals surface area contributed by atoms with E-state index >= 15 is 0 Å². The standard InChI is InChI=1S/C78H152O17P2/c1-6-9-12-15-18-21-24-26-28-29-30-31-32-33-34-35-37-40-43-48-54-59-64-78(83)94-73(67-88-75(80)61-56-51-46-41-39-36-27-25-22-19-16-13-10-7-2)69-92-96(84,85)90-65-72(79)66-91-97(86,87)93-70-74(68-89-76(81)62-57-52-49-44-45-50-55-60-71(4)5)95-77(82)63-58-53-47-42-38-23-20-17-14-11-8-3/h71-74,79H,6-70H2,1-5H3,(H,84,85)(H,86,87)/t72-,73-,74-/m1/s1. The minimum absolute atomic E-state index is 0.107. The van der Waals surface area contributed by atoms with E-state index in [1.165, 1.54) is 231 Å². The van der Waals surface area contributed by atoms with Gasteiger partial charge < -0.3 is 33.8 Å². The molecular weight excluding hydrogens is 1270 g/mol. The van der Waals surface area contributed by atoms with Gasteiger partial charge in [-0.2, -0.15) is 0 Å². The predicted molar refractivity (Wildman–Crippen MR) is 395 cm³/mol. The summed E-state index contributed by atoms with van der Waals surface area (Å²) in [4.78, 5) is 72.8. The van der Waals surface area contributed by atoms with Gasteiger partial charge in [-0.15, -0.1) is 0 Å². The van der Waals surface area contributed by atoms with Gasteiger partial charge >= 0.3 is 39.5 Å². The highest BCUT2D eigenvalue weighted by molar-refractivity contribution is 7.47. The van der Waals surface area contributed by atoms with Crippen molar-refractivity contribution in [2.45, 2.75) is 432 Å². The molecule has 576 valence electrons. The zero-order valence-corrected chi connectivity index (χ0v) is 65.0. The van der Waals surface area contributed by atoms with Gasteiger partial charge in [0, 0.05) is 25.7 Å². The lowest BCUT2D eigenvalue weighted by Crippen LogP contribution is -2.30. The molecule has 0 bridgehead atoms. The monoisotopic (exact) mass is 1420 g/mol. The van der Waals surface area contributed by atoms with Crippen LogP contribution in [0.4, 0.5) is 0 Å². The van der Waals surface area contributed by atoms with E-state index in [4.69, 9.17) is 37.0 Å². The smallest absolute Gasteiger partial charge is 0.462 e. The van der Waals surface area contributed by atoms with Crippen molar-refractivity contribution in [2.75, 3.05) is 39.6 Å². The third-order valence-corrected chi connectivity index (χ3v) is 20.2. The second kappa shape index (κ2) is 71.1. The molecular formula is C78H152O17P2. The van der Waals surface area contributed by atoms with E-state index in [9.17, 15) is 43.2 Å². The third-order valence-electron chi connectivity index (χ3n) is 18.3. The Kier molecular flexibility index (Phi) is 69.6. The molecule has 97 heavy (non-hydrogen) atoms. The Morgan fingerprint density at radius 1 is 0.278 bits per heavy atom. The molecule has 3 N–H and O–H groups in total. The van der Waals surface area contributed by atoms with Crippen molar-refractivity contribution in [1.82, 2.24) is 0 Å². The van der Waals surface area contributed by atoms with Crippen molar-refractivity contribution in [2.24, 2.45) is 5.92 Å². The Morgan fingerprint density at radius 2 is 0.474 bits per heavy atom. The maximum absolute atomic E-state index is 13.1.